The molecule has 0 saturated carbocycles. The lowest BCUT2D eigenvalue weighted by molar-refractivity contribution is 0.287. The molecule has 1 heterocycles. The van der Waals surface area contributed by atoms with E-state index in [0.29, 0.717) is 5.41 Å². The predicted octanol–water partition coefficient (Wildman–Crippen LogP) is 3.35. The Labute approximate surface area is 83.3 Å². The summed E-state index contributed by atoms with van der Waals surface area (Å²) in [4.78, 5) is 0. The minimum absolute atomic E-state index is 0.602. The molecular weight excluding hydrogens is 158 g/mol. The molecule has 1 rings (SSSR count). The first kappa shape index (κ1) is 11.0. The largest absolute Gasteiger partial charge is 0.317 e. The van der Waals surface area contributed by atoms with E-state index < -0.39 is 0 Å². The van der Waals surface area contributed by atoms with Crippen LogP contribution in [0.3, 0.4) is 0 Å². The molecule has 0 aliphatic carbocycles. The van der Waals surface area contributed by atoms with Gasteiger partial charge in [0.05, 0.1) is 0 Å². The van der Waals surface area contributed by atoms with Crippen LogP contribution in [-0.4, -0.2) is 13.1 Å². The lowest BCUT2D eigenvalue weighted by Gasteiger charge is -2.24. The monoisotopic (exact) mass is 183 g/mol. The van der Waals surface area contributed by atoms with Crippen molar-refractivity contribution in [3.8, 4) is 0 Å². The van der Waals surface area contributed by atoms with Gasteiger partial charge in [-0.15, -0.1) is 0 Å². The maximum Gasteiger partial charge on any atom is -0.00489 e. The fourth-order valence-electron chi connectivity index (χ4n) is 2.13. The first-order chi connectivity index (χ1) is 6.21. The molecule has 1 aliphatic rings. The van der Waals surface area contributed by atoms with E-state index in [2.05, 4.69) is 19.2 Å². The Morgan fingerprint density at radius 1 is 0.769 bits per heavy atom. The van der Waals surface area contributed by atoms with Crippen molar-refractivity contribution in [2.75, 3.05) is 13.1 Å². The average Bonchev–Trinajstić information content (AvgIpc) is 2.10. The van der Waals surface area contributed by atoms with E-state index in [1.54, 1.807) is 0 Å². The van der Waals surface area contributed by atoms with Gasteiger partial charge in [-0.25, -0.2) is 0 Å². The van der Waals surface area contributed by atoms with Crippen LogP contribution in [0.4, 0.5) is 0 Å². The number of hydrogen-bond acceptors (Lipinski definition) is 1. The minimum atomic E-state index is 0.602. The highest BCUT2D eigenvalue weighted by molar-refractivity contribution is 4.69. The van der Waals surface area contributed by atoms with Crippen LogP contribution in [0, 0.1) is 5.41 Å². The van der Waals surface area contributed by atoms with E-state index in [1.807, 2.05) is 0 Å². The Kier molecular flexibility index (Phi) is 4.79. The first-order valence-corrected chi connectivity index (χ1v) is 5.91. The highest BCUT2D eigenvalue weighted by atomic mass is 14.8. The zero-order chi connectivity index (χ0) is 9.57. The molecule has 1 heteroatoms. The molecule has 0 spiro atoms. The third-order valence-corrected chi connectivity index (χ3v) is 3.16. The summed E-state index contributed by atoms with van der Waals surface area (Å²) in [5, 5.41) is 3.51. The predicted molar refractivity (Wildman–Crippen MR) is 59.0 cm³/mol. The Bertz CT molecular complexity index is 115. The molecule has 1 N–H and O–H groups in total. The van der Waals surface area contributed by atoms with Gasteiger partial charge >= 0.3 is 0 Å². The van der Waals surface area contributed by atoms with Crippen LogP contribution in [0.5, 0.6) is 0 Å². The number of hydrogen-bond donors (Lipinski definition) is 1. The van der Waals surface area contributed by atoms with Crippen LogP contribution in [0.15, 0.2) is 0 Å². The van der Waals surface area contributed by atoms with Crippen molar-refractivity contribution >= 4 is 0 Å². The molecule has 0 aromatic carbocycles. The molecule has 0 unspecified atom stereocenters. The summed E-state index contributed by atoms with van der Waals surface area (Å²) in [5.41, 5.74) is 0.602. The molecule has 0 atom stereocenters. The summed E-state index contributed by atoms with van der Waals surface area (Å²) >= 11 is 0. The molecule has 0 bridgehead atoms. The van der Waals surface area contributed by atoms with Crippen molar-refractivity contribution in [1.82, 2.24) is 5.32 Å². The summed E-state index contributed by atoms with van der Waals surface area (Å²) in [6.45, 7) is 7.33. The molecule has 78 valence electrons. The van der Waals surface area contributed by atoms with Gasteiger partial charge < -0.3 is 5.32 Å². The lowest BCUT2D eigenvalue weighted by atomic mass is 9.82. The van der Waals surface area contributed by atoms with Crippen LogP contribution in [0.25, 0.3) is 0 Å². The summed E-state index contributed by atoms with van der Waals surface area (Å²) in [6, 6.07) is 0. The quantitative estimate of drug-likeness (QED) is 0.607. The van der Waals surface area contributed by atoms with E-state index in [9.17, 15) is 0 Å². The van der Waals surface area contributed by atoms with Gasteiger partial charge in [-0.05, 0) is 44.2 Å². The van der Waals surface area contributed by atoms with Gasteiger partial charge in [0.15, 0.2) is 0 Å². The van der Waals surface area contributed by atoms with Crippen LogP contribution in [-0.2, 0) is 0 Å². The van der Waals surface area contributed by atoms with E-state index in [0.717, 1.165) is 0 Å². The van der Waals surface area contributed by atoms with Gasteiger partial charge in [-0.2, -0.15) is 0 Å². The fraction of sp³-hybridized carbons (Fsp3) is 1.00. The molecule has 0 radical (unpaired) electrons. The molecule has 1 saturated heterocycles. The van der Waals surface area contributed by atoms with Crippen LogP contribution in [0.2, 0.25) is 0 Å². The van der Waals surface area contributed by atoms with Crippen LogP contribution < -0.4 is 5.32 Å². The maximum atomic E-state index is 3.51. The zero-order valence-electron chi connectivity index (χ0n) is 9.36. The minimum Gasteiger partial charge on any atom is -0.317 e. The molecule has 1 nitrogen and oxygen atoms in total. The Balaban J connectivity index is 2.27. The van der Waals surface area contributed by atoms with Gasteiger partial charge in [0.2, 0.25) is 0 Å². The molecule has 0 amide bonds. The third-order valence-electron chi connectivity index (χ3n) is 3.16. The molecular formula is C12H25N. The molecule has 1 aliphatic heterocycles. The second-order valence-corrected chi connectivity index (χ2v) is 5.18. The fourth-order valence-corrected chi connectivity index (χ4v) is 2.13. The summed E-state index contributed by atoms with van der Waals surface area (Å²) in [7, 11) is 0. The van der Waals surface area contributed by atoms with E-state index >= 15 is 0 Å². The smallest absolute Gasteiger partial charge is 0.00489 e. The Hall–Kier alpha value is -0.0400. The van der Waals surface area contributed by atoms with Crippen molar-refractivity contribution in [1.29, 1.82) is 0 Å². The summed E-state index contributed by atoms with van der Waals surface area (Å²) in [6.07, 6.45) is 9.81. The second-order valence-electron chi connectivity index (χ2n) is 5.18. The third kappa shape index (κ3) is 5.30. The Morgan fingerprint density at radius 2 is 1.31 bits per heavy atom. The molecule has 1 fully saturated rings. The first-order valence-electron chi connectivity index (χ1n) is 5.91. The van der Waals surface area contributed by atoms with Crippen molar-refractivity contribution in [2.24, 2.45) is 5.41 Å². The molecule has 0 aromatic heterocycles. The van der Waals surface area contributed by atoms with Gasteiger partial charge in [-0.1, -0.05) is 33.1 Å². The summed E-state index contributed by atoms with van der Waals surface area (Å²) < 4.78 is 0. The van der Waals surface area contributed by atoms with Crippen LogP contribution >= 0.6 is 0 Å². The average molecular weight is 183 g/mol. The standard InChI is InChI=1S/C12H25N/c1-12(2)8-4-3-6-10-13-11-7-5-9-12/h13H,3-11H2,1-2H3. The van der Waals surface area contributed by atoms with Crippen LogP contribution in [0.1, 0.15) is 58.8 Å². The molecule has 13 heavy (non-hydrogen) atoms. The Morgan fingerprint density at radius 3 is 2.00 bits per heavy atom. The highest BCUT2D eigenvalue weighted by Gasteiger charge is 2.16. The normalized spacial score (nSPS) is 26.3. The number of rotatable bonds is 0. The van der Waals surface area contributed by atoms with Crippen molar-refractivity contribution in [3.63, 3.8) is 0 Å². The highest BCUT2D eigenvalue weighted by Crippen LogP contribution is 2.29. The van der Waals surface area contributed by atoms with Crippen molar-refractivity contribution in [3.05, 3.63) is 0 Å². The zero-order valence-corrected chi connectivity index (χ0v) is 9.36. The number of nitrogens with one attached hydrogen (secondary N) is 1. The topological polar surface area (TPSA) is 12.0 Å². The van der Waals surface area contributed by atoms with Gasteiger partial charge in [0, 0.05) is 0 Å². The van der Waals surface area contributed by atoms with Gasteiger partial charge in [-0.3, -0.25) is 0 Å². The lowest BCUT2D eigenvalue weighted by Crippen LogP contribution is -2.16. The second kappa shape index (κ2) is 5.64. The van der Waals surface area contributed by atoms with Crippen molar-refractivity contribution < 1.29 is 0 Å². The van der Waals surface area contributed by atoms with E-state index in [-0.39, 0.29) is 0 Å². The SMILES string of the molecule is CC1(C)CCCCCNCCCC1. The van der Waals surface area contributed by atoms with Crippen molar-refractivity contribution in [2.45, 2.75) is 58.8 Å². The van der Waals surface area contributed by atoms with E-state index in [1.165, 1.54) is 58.0 Å². The molecule has 0 aromatic rings. The van der Waals surface area contributed by atoms with Gasteiger partial charge in [0.25, 0.3) is 0 Å². The maximum absolute atomic E-state index is 3.51. The van der Waals surface area contributed by atoms with E-state index in [4.69, 9.17) is 0 Å². The van der Waals surface area contributed by atoms with Gasteiger partial charge in [0.1, 0.15) is 0 Å². The summed E-state index contributed by atoms with van der Waals surface area (Å²) in [5.74, 6) is 0.